The lowest BCUT2D eigenvalue weighted by atomic mass is 10.1. The predicted octanol–water partition coefficient (Wildman–Crippen LogP) is 4.04. The van der Waals surface area contributed by atoms with Gasteiger partial charge < -0.3 is 20.3 Å². The van der Waals surface area contributed by atoms with Gasteiger partial charge in [-0.15, -0.1) is 0 Å². The zero-order chi connectivity index (χ0) is 20.6. The van der Waals surface area contributed by atoms with E-state index in [2.05, 4.69) is 10.6 Å². The zero-order valence-corrected chi connectivity index (χ0v) is 16.5. The lowest BCUT2D eigenvalue weighted by Crippen LogP contribution is -2.34. The molecule has 0 unspecified atom stereocenters. The number of urea groups is 1. The van der Waals surface area contributed by atoms with Crippen molar-refractivity contribution in [1.29, 1.82) is 0 Å². The highest BCUT2D eigenvalue weighted by Gasteiger charge is 2.18. The zero-order valence-electron chi connectivity index (χ0n) is 16.5. The third-order valence-corrected chi connectivity index (χ3v) is 4.96. The van der Waals surface area contributed by atoms with Crippen molar-refractivity contribution in [3.05, 3.63) is 59.9 Å². The number of carbonyl (C=O) groups is 2. The summed E-state index contributed by atoms with van der Waals surface area (Å²) in [6, 6.07) is 12.9. The van der Waals surface area contributed by atoms with Crippen LogP contribution in [0.4, 0.5) is 14.9 Å². The van der Waals surface area contributed by atoms with Crippen LogP contribution in [-0.2, 0) is 0 Å². The third-order valence-electron chi connectivity index (χ3n) is 4.96. The van der Waals surface area contributed by atoms with Crippen LogP contribution in [0.5, 0.6) is 5.75 Å². The summed E-state index contributed by atoms with van der Waals surface area (Å²) in [5.74, 6) is -0.360. The molecule has 1 aliphatic carbocycles. The molecule has 0 saturated heterocycles. The van der Waals surface area contributed by atoms with Crippen molar-refractivity contribution in [2.24, 2.45) is 0 Å². The molecule has 2 N–H and O–H groups in total. The van der Waals surface area contributed by atoms with E-state index in [0.717, 1.165) is 25.7 Å². The van der Waals surface area contributed by atoms with E-state index in [0.29, 0.717) is 17.8 Å². The number of hydrogen-bond donors (Lipinski definition) is 2. The summed E-state index contributed by atoms with van der Waals surface area (Å²) in [5, 5.41) is 5.81. The van der Waals surface area contributed by atoms with Gasteiger partial charge in [0.1, 0.15) is 6.61 Å². The van der Waals surface area contributed by atoms with Crippen LogP contribution < -0.4 is 15.4 Å². The van der Waals surface area contributed by atoms with Crippen molar-refractivity contribution < 1.29 is 18.7 Å². The molecule has 0 radical (unpaired) electrons. The number of likely N-dealkylation sites (N-methyl/N-ethyl adjacent to an activating group) is 1. The van der Waals surface area contributed by atoms with E-state index < -0.39 is 5.82 Å². The topological polar surface area (TPSA) is 70.7 Å². The van der Waals surface area contributed by atoms with E-state index in [9.17, 15) is 14.0 Å². The lowest BCUT2D eigenvalue weighted by molar-refractivity contribution is 0.0938. The number of para-hydroxylation sites is 1. The molecule has 1 saturated carbocycles. The minimum atomic E-state index is -0.434. The first-order chi connectivity index (χ1) is 14.0. The number of amides is 3. The van der Waals surface area contributed by atoms with Crippen LogP contribution in [0.25, 0.3) is 0 Å². The highest BCUT2D eigenvalue weighted by Crippen LogP contribution is 2.19. The number of rotatable bonds is 7. The number of nitrogens with one attached hydrogen (secondary N) is 2. The summed E-state index contributed by atoms with van der Waals surface area (Å²) in [6.45, 7) is 0.465. The first-order valence-corrected chi connectivity index (χ1v) is 9.83. The van der Waals surface area contributed by atoms with Crippen LogP contribution in [0.1, 0.15) is 36.0 Å². The number of hydrogen-bond acceptors (Lipinski definition) is 3. The molecular formula is C22H26FN3O3. The number of anilines is 1. The normalized spacial score (nSPS) is 13.7. The van der Waals surface area contributed by atoms with E-state index in [1.54, 1.807) is 49.5 Å². The minimum absolute atomic E-state index is 0.0859. The molecule has 6 nitrogen and oxygen atoms in total. The Morgan fingerprint density at radius 3 is 2.48 bits per heavy atom. The molecular weight excluding hydrogens is 373 g/mol. The Kier molecular flexibility index (Phi) is 7.05. The summed E-state index contributed by atoms with van der Waals surface area (Å²) in [6.07, 6.45) is 4.39. The van der Waals surface area contributed by atoms with Crippen LogP contribution in [0.2, 0.25) is 0 Å². The second-order valence-electron chi connectivity index (χ2n) is 7.16. The molecule has 2 aromatic carbocycles. The predicted molar refractivity (Wildman–Crippen MR) is 110 cm³/mol. The number of carbonyl (C=O) groups excluding carboxylic acids is 2. The van der Waals surface area contributed by atoms with E-state index in [1.165, 1.54) is 11.0 Å². The summed E-state index contributed by atoms with van der Waals surface area (Å²) in [7, 11) is 1.63. The Hall–Kier alpha value is -3.09. The van der Waals surface area contributed by atoms with Crippen molar-refractivity contribution in [3.8, 4) is 5.75 Å². The van der Waals surface area contributed by atoms with Gasteiger partial charge in [0, 0.05) is 24.3 Å². The molecule has 1 aliphatic rings. The molecule has 2 aromatic rings. The molecule has 0 atom stereocenters. The van der Waals surface area contributed by atoms with Crippen molar-refractivity contribution in [1.82, 2.24) is 10.2 Å². The van der Waals surface area contributed by atoms with Crippen LogP contribution >= 0.6 is 0 Å². The summed E-state index contributed by atoms with van der Waals surface area (Å²) >= 11 is 0. The monoisotopic (exact) mass is 399 g/mol. The Morgan fingerprint density at radius 2 is 1.79 bits per heavy atom. The number of nitrogens with zero attached hydrogens (tertiary/aromatic N) is 1. The number of ether oxygens (including phenoxy) is 1. The average molecular weight is 399 g/mol. The average Bonchev–Trinajstić information content (AvgIpc) is 3.23. The van der Waals surface area contributed by atoms with Gasteiger partial charge in [-0.05, 0) is 49.2 Å². The highest BCUT2D eigenvalue weighted by molar-refractivity contribution is 5.95. The third kappa shape index (κ3) is 5.94. The van der Waals surface area contributed by atoms with Gasteiger partial charge >= 0.3 is 6.03 Å². The van der Waals surface area contributed by atoms with Crippen molar-refractivity contribution in [2.45, 2.75) is 31.7 Å². The van der Waals surface area contributed by atoms with E-state index >= 15 is 0 Å². The number of benzene rings is 2. The van der Waals surface area contributed by atoms with Crippen LogP contribution in [0.3, 0.4) is 0 Å². The highest BCUT2D eigenvalue weighted by atomic mass is 19.1. The van der Waals surface area contributed by atoms with Gasteiger partial charge in [0.25, 0.3) is 5.91 Å². The summed E-state index contributed by atoms with van der Waals surface area (Å²) in [4.78, 5) is 26.0. The van der Waals surface area contributed by atoms with Gasteiger partial charge in [0.05, 0.1) is 6.54 Å². The van der Waals surface area contributed by atoms with Gasteiger partial charge in [-0.25, -0.2) is 9.18 Å². The molecule has 7 heteroatoms. The second-order valence-corrected chi connectivity index (χ2v) is 7.16. The fraction of sp³-hybridized carbons (Fsp3) is 0.364. The van der Waals surface area contributed by atoms with Crippen LogP contribution in [0, 0.1) is 5.82 Å². The SMILES string of the molecule is CN(CCOc1ccccc1F)C(=O)Nc1ccc(C(=O)NC2CCCC2)cc1. The number of halogens is 1. The van der Waals surface area contributed by atoms with Gasteiger partial charge in [-0.1, -0.05) is 25.0 Å². The van der Waals surface area contributed by atoms with Crippen LogP contribution in [-0.4, -0.2) is 43.1 Å². The van der Waals surface area contributed by atoms with Gasteiger partial charge in [0.2, 0.25) is 0 Å². The molecule has 1 fully saturated rings. The largest absolute Gasteiger partial charge is 0.489 e. The molecule has 0 heterocycles. The first kappa shape index (κ1) is 20.6. The minimum Gasteiger partial charge on any atom is -0.489 e. The maximum Gasteiger partial charge on any atom is 0.321 e. The van der Waals surface area contributed by atoms with Gasteiger partial charge in [0.15, 0.2) is 11.6 Å². The Balaban J connectivity index is 1.44. The maximum absolute atomic E-state index is 13.5. The van der Waals surface area contributed by atoms with E-state index in [4.69, 9.17) is 4.74 Å². The van der Waals surface area contributed by atoms with Gasteiger partial charge in [-0.2, -0.15) is 0 Å². The lowest BCUT2D eigenvalue weighted by Gasteiger charge is -2.18. The molecule has 29 heavy (non-hydrogen) atoms. The van der Waals surface area contributed by atoms with Gasteiger partial charge in [-0.3, -0.25) is 4.79 Å². The molecule has 154 valence electrons. The second kappa shape index (κ2) is 9.91. The molecule has 0 aliphatic heterocycles. The van der Waals surface area contributed by atoms with E-state index in [-0.39, 0.29) is 30.3 Å². The Bertz CT molecular complexity index is 835. The fourth-order valence-electron chi connectivity index (χ4n) is 3.22. The molecule has 3 amide bonds. The Morgan fingerprint density at radius 1 is 1.10 bits per heavy atom. The van der Waals surface area contributed by atoms with Crippen molar-refractivity contribution in [3.63, 3.8) is 0 Å². The summed E-state index contributed by atoms with van der Waals surface area (Å²) in [5.41, 5.74) is 1.16. The Labute approximate surface area is 170 Å². The van der Waals surface area contributed by atoms with Crippen LogP contribution in [0.15, 0.2) is 48.5 Å². The smallest absolute Gasteiger partial charge is 0.321 e. The molecule has 0 spiro atoms. The quantitative estimate of drug-likeness (QED) is 0.738. The summed E-state index contributed by atoms with van der Waals surface area (Å²) < 4.78 is 18.9. The van der Waals surface area contributed by atoms with Crippen molar-refractivity contribution in [2.75, 3.05) is 25.5 Å². The first-order valence-electron chi connectivity index (χ1n) is 9.83. The molecule has 0 bridgehead atoms. The van der Waals surface area contributed by atoms with Crippen molar-refractivity contribution >= 4 is 17.6 Å². The maximum atomic E-state index is 13.5. The molecule has 3 rings (SSSR count). The molecule has 0 aromatic heterocycles. The standard InChI is InChI=1S/C22H26FN3O3/c1-26(14-15-29-20-9-5-4-8-19(20)23)22(28)25-18-12-10-16(11-13-18)21(27)24-17-6-2-3-7-17/h4-5,8-13,17H,2-3,6-7,14-15H2,1H3,(H,24,27)(H,25,28). The van der Waals surface area contributed by atoms with E-state index in [1.807, 2.05) is 0 Å². The fourth-order valence-corrected chi connectivity index (χ4v) is 3.22.